The van der Waals surface area contributed by atoms with E-state index in [9.17, 15) is 13.2 Å². The number of oxazole rings is 1. The molecule has 1 amide bonds. The summed E-state index contributed by atoms with van der Waals surface area (Å²) in [5, 5.41) is 3.71. The standard InChI is InChI=1S/C22H21Cl2N3O4S/c23-15-6-7-18(19(24)12-15)20-14-25-22(31-20)9-8-21(28)26-16-4-3-5-17(13-16)32(29,30)27-10-1-2-11-27/h3-7,12-14H,1-2,8-11H2,(H,26,28). The molecule has 1 fully saturated rings. The lowest BCUT2D eigenvalue weighted by molar-refractivity contribution is -0.116. The molecule has 4 rings (SSSR count). The van der Waals surface area contributed by atoms with Gasteiger partial charge in [-0.1, -0.05) is 29.3 Å². The summed E-state index contributed by atoms with van der Waals surface area (Å²) in [6.45, 7) is 1.05. The largest absolute Gasteiger partial charge is 0.441 e. The Morgan fingerprint density at radius 1 is 1.12 bits per heavy atom. The summed E-state index contributed by atoms with van der Waals surface area (Å²) in [5.41, 5.74) is 1.09. The quantitative estimate of drug-likeness (QED) is 0.499. The third kappa shape index (κ3) is 5.15. The third-order valence-electron chi connectivity index (χ3n) is 5.14. The molecule has 0 radical (unpaired) electrons. The van der Waals surface area contributed by atoms with Gasteiger partial charge in [-0.3, -0.25) is 4.79 Å². The first-order chi connectivity index (χ1) is 15.3. The highest BCUT2D eigenvalue weighted by Crippen LogP contribution is 2.31. The lowest BCUT2D eigenvalue weighted by atomic mass is 10.2. The van der Waals surface area contributed by atoms with Crippen LogP contribution in [0.25, 0.3) is 11.3 Å². The number of sulfonamides is 1. The zero-order valence-electron chi connectivity index (χ0n) is 17.1. The number of halogens is 2. The van der Waals surface area contributed by atoms with Gasteiger partial charge in [0.1, 0.15) is 0 Å². The van der Waals surface area contributed by atoms with Gasteiger partial charge < -0.3 is 9.73 Å². The molecule has 10 heteroatoms. The molecule has 0 saturated carbocycles. The second kappa shape index (κ2) is 9.62. The number of carbonyl (C=O) groups is 1. The van der Waals surface area contributed by atoms with Crippen molar-refractivity contribution in [2.45, 2.75) is 30.6 Å². The molecule has 32 heavy (non-hydrogen) atoms. The number of amides is 1. The van der Waals surface area contributed by atoms with Crippen LogP contribution < -0.4 is 5.32 Å². The van der Waals surface area contributed by atoms with Crippen LogP contribution in [-0.2, 0) is 21.2 Å². The molecule has 0 bridgehead atoms. The minimum Gasteiger partial charge on any atom is -0.441 e. The highest BCUT2D eigenvalue weighted by atomic mass is 35.5. The number of rotatable bonds is 7. The molecular weight excluding hydrogens is 473 g/mol. The fourth-order valence-corrected chi connectivity index (χ4v) is 5.56. The summed E-state index contributed by atoms with van der Waals surface area (Å²) in [7, 11) is -3.54. The molecule has 168 valence electrons. The zero-order valence-corrected chi connectivity index (χ0v) is 19.4. The number of aryl methyl sites for hydroxylation is 1. The number of nitrogens with zero attached hydrogens (tertiary/aromatic N) is 2. The molecule has 2 heterocycles. The van der Waals surface area contributed by atoms with Crippen molar-refractivity contribution >= 4 is 44.8 Å². The zero-order chi connectivity index (χ0) is 22.7. The van der Waals surface area contributed by atoms with Crippen LogP contribution in [0.5, 0.6) is 0 Å². The summed E-state index contributed by atoms with van der Waals surface area (Å²) in [6, 6.07) is 11.4. The maximum absolute atomic E-state index is 12.7. The number of anilines is 1. The number of nitrogens with one attached hydrogen (secondary N) is 1. The second-order valence-corrected chi connectivity index (χ2v) is 10.2. The highest BCUT2D eigenvalue weighted by molar-refractivity contribution is 7.89. The van der Waals surface area contributed by atoms with E-state index in [0.717, 1.165) is 12.8 Å². The third-order valence-corrected chi connectivity index (χ3v) is 7.58. The van der Waals surface area contributed by atoms with E-state index in [1.54, 1.807) is 42.6 Å². The Bertz CT molecular complexity index is 1240. The van der Waals surface area contributed by atoms with Crippen LogP contribution in [0, 0.1) is 0 Å². The fourth-order valence-electron chi connectivity index (χ4n) is 3.50. The van der Waals surface area contributed by atoms with Crippen LogP contribution in [0.15, 0.2) is 58.0 Å². The lowest BCUT2D eigenvalue weighted by Crippen LogP contribution is -2.27. The van der Waals surface area contributed by atoms with E-state index in [1.807, 2.05) is 0 Å². The van der Waals surface area contributed by atoms with Crippen LogP contribution >= 0.6 is 23.2 Å². The maximum Gasteiger partial charge on any atom is 0.243 e. The highest BCUT2D eigenvalue weighted by Gasteiger charge is 2.27. The first-order valence-electron chi connectivity index (χ1n) is 10.1. The molecule has 1 saturated heterocycles. The van der Waals surface area contributed by atoms with Crippen LogP contribution in [0.3, 0.4) is 0 Å². The molecule has 7 nitrogen and oxygen atoms in total. The predicted octanol–water partition coefficient (Wildman–Crippen LogP) is 5.00. The van der Waals surface area contributed by atoms with Crippen molar-refractivity contribution in [3.63, 3.8) is 0 Å². The summed E-state index contributed by atoms with van der Waals surface area (Å²) in [6.07, 6.45) is 3.68. The molecule has 1 aliphatic heterocycles. The SMILES string of the molecule is O=C(CCc1ncc(-c2ccc(Cl)cc2Cl)o1)Nc1cccc(S(=O)(=O)N2CCCC2)c1. The Kier molecular flexibility index (Phi) is 6.85. The van der Waals surface area contributed by atoms with E-state index in [2.05, 4.69) is 10.3 Å². The Labute approximate surface area is 196 Å². The monoisotopic (exact) mass is 493 g/mol. The van der Waals surface area contributed by atoms with Crippen LogP contribution in [-0.4, -0.2) is 36.7 Å². The Morgan fingerprint density at radius 3 is 2.66 bits per heavy atom. The van der Waals surface area contributed by atoms with Crippen LogP contribution in [0.1, 0.15) is 25.2 Å². The van der Waals surface area contributed by atoms with Gasteiger partial charge in [-0.2, -0.15) is 4.31 Å². The van der Waals surface area contributed by atoms with Gasteiger partial charge in [0.25, 0.3) is 0 Å². The number of carbonyl (C=O) groups excluding carboxylic acids is 1. The number of hydrogen-bond donors (Lipinski definition) is 1. The lowest BCUT2D eigenvalue weighted by Gasteiger charge is -2.16. The van der Waals surface area contributed by atoms with Gasteiger partial charge >= 0.3 is 0 Å². The minimum atomic E-state index is -3.54. The van der Waals surface area contributed by atoms with Gasteiger partial charge in [0.15, 0.2) is 11.7 Å². The topological polar surface area (TPSA) is 92.5 Å². The van der Waals surface area contributed by atoms with Crippen molar-refractivity contribution < 1.29 is 17.6 Å². The van der Waals surface area contributed by atoms with Crippen molar-refractivity contribution in [1.29, 1.82) is 0 Å². The summed E-state index contributed by atoms with van der Waals surface area (Å²) in [4.78, 5) is 16.8. The van der Waals surface area contributed by atoms with Crippen molar-refractivity contribution in [3.05, 3.63) is 64.6 Å². The van der Waals surface area contributed by atoms with Crippen molar-refractivity contribution in [1.82, 2.24) is 9.29 Å². The molecule has 0 unspecified atom stereocenters. The average molecular weight is 494 g/mol. The summed E-state index contributed by atoms with van der Waals surface area (Å²) >= 11 is 12.1. The van der Waals surface area contributed by atoms with Gasteiger partial charge in [0.05, 0.1) is 16.1 Å². The molecule has 1 aromatic heterocycles. The predicted molar refractivity (Wildman–Crippen MR) is 123 cm³/mol. The van der Waals surface area contributed by atoms with E-state index < -0.39 is 10.0 Å². The second-order valence-electron chi connectivity index (χ2n) is 7.43. The van der Waals surface area contributed by atoms with Gasteiger partial charge in [-0.05, 0) is 49.2 Å². The maximum atomic E-state index is 12.7. The molecule has 0 spiro atoms. The molecule has 0 atom stereocenters. The molecule has 1 N–H and O–H groups in total. The Balaban J connectivity index is 1.37. The van der Waals surface area contributed by atoms with Crippen molar-refractivity contribution in [3.8, 4) is 11.3 Å². The van der Waals surface area contributed by atoms with E-state index in [0.29, 0.717) is 46.0 Å². The summed E-state index contributed by atoms with van der Waals surface area (Å²) in [5.74, 6) is 0.610. The molecule has 3 aromatic rings. The molecule has 1 aliphatic rings. The van der Waals surface area contributed by atoms with Crippen molar-refractivity contribution in [2.75, 3.05) is 18.4 Å². The normalized spacial score (nSPS) is 14.6. The number of benzene rings is 2. The van der Waals surface area contributed by atoms with Crippen LogP contribution in [0.2, 0.25) is 10.0 Å². The van der Waals surface area contributed by atoms with Crippen LogP contribution in [0.4, 0.5) is 5.69 Å². The van der Waals surface area contributed by atoms with Gasteiger partial charge in [0.2, 0.25) is 15.9 Å². The number of hydrogen-bond acceptors (Lipinski definition) is 5. The smallest absolute Gasteiger partial charge is 0.243 e. The van der Waals surface area contributed by atoms with Gasteiger partial charge in [-0.15, -0.1) is 0 Å². The van der Waals surface area contributed by atoms with E-state index in [4.69, 9.17) is 27.6 Å². The van der Waals surface area contributed by atoms with Gasteiger partial charge in [-0.25, -0.2) is 13.4 Å². The minimum absolute atomic E-state index is 0.122. The van der Waals surface area contributed by atoms with E-state index in [-0.39, 0.29) is 23.6 Å². The Morgan fingerprint density at radius 2 is 1.91 bits per heavy atom. The Hall–Kier alpha value is -2.39. The molecule has 0 aliphatic carbocycles. The van der Waals surface area contributed by atoms with Crippen molar-refractivity contribution in [2.24, 2.45) is 0 Å². The van der Waals surface area contributed by atoms with E-state index in [1.165, 1.54) is 10.4 Å². The summed E-state index contributed by atoms with van der Waals surface area (Å²) < 4.78 is 32.6. The van der Waals surface area contributed by atoms with Gasteiger partial charge in [0, 0.05) is 42.2 Å². The average Bonchev–Trinajstić information content (AvgIpc) is 3.45. The first kappa shape index (κ1) is 22.8. The molecule has 2 aromatic carbocycles. The number of aromatic nitrogens is 1. The molecular formula is C22H21Cl2N3O4S. The first-order valence-corrected chi connectivity index (χ1v) is 12.3. The van der Waals surface area contributed by atoms with E-state index >= 15 is 0 Å². The fraction of sp³-hybridized carbons (Fsp3) is 0.273.